The highest BCUT2D eigenvalue weighted by atomic mass is 16.5. The molecule has 204 valence electrons. The molecular formula is C27H38N2O8. The van der Waals surface area contributed by atoms with Crippen molar-refractivity contribution in [3.05, 3.63) is 54.1 Å². The van der Waals surface area contributed by atoms with Crippen LogP contribution in [0.2, 0.25) is 0 Å². The van der Waals surface area contributed by atoms with E-state index in [0.29, 0.717) is 6.42 Å². The van der Waals surface area contributed by atoms with Gasteiger partial charge in [-0.15, -0.1) is 0 Å². The number of esters is 1. The zero-order valence-corrected chi connectivity index (χ0v) is 21.7. The Balaban J connectivity index is 1.93. The Morgan fingerprint density at radius 1 is 1.11 bits per heavy atom. The van der Waals surface area contributed by atoms with Crippen molar-refractivity contribution in [2.24, 2.45) is 5.41 Å². The molecule has 1 aliphatic heterocycles. The number of aliphatic hydroxyl groups excluding tert-OH is 3. The topological polar surface area (TPSA) is 154 Å². The first-order chi connectivity index (χ1) is 17.4. The van der Waals surface area contributed by atoms with Gasteiger partial charge in [0, 0.05) is 13.2 Å². The van der Waals surface area contributed by atoms with Crippen molar-refractivity contribution in [3.8, 4) is 0 Å². The van der Waals surface area contributed by atoms with E-state index in [1.807, 2.05) is 51.1 Å². The molecule has 1 aromatic rings. The van der Waals surface area contributed by atoms with Crippen molar-refractivity contribution in [2.75, 3.05) is 13.7 Å². The summed E-state index contributed by atoms with van der Waals surface area (Å²) >= 11 is 0. The van der Waals surface area contributed by atoms with Gasteiger partial charge in [0.25, 0.3) is 5.91 Å². The summed E-state index contributed by atoms with van der Waals surface area (Å²) in [5.74, 6) is -1.87. The van der Waals surface area contributed by atoms with E-state index in [1.54, 1.807) is 12.2 Å². The number of carbonyl (C=O) groups excluding carboxylic acids is 3. The fraction of sp³-hybridized carbons (Fsp3) is 0.519. The van der Waals surface area contributed by atoms with Crippen LogP contribution in [0.1, 0.15) is 39.2 Å². The second-order valence-corrected chi connectivity index (χ2v) is 10.0. The Hall–Kier alpha value is -3.05. The molecule has 0 saturated carbocycles. The number of rotatable bonds is 10. The average molecular weight is 519 g/mol. The molecule has 0 spiro atoms. The molecule has 1 heterocycles. The smallest absolute Gasteiger partial charge is 0.331 e. The molecule has 0 aromatic heterocycles. The molecule has 2 amide bonds. The lowest BCUT2D eigenvalue weighted by molar-refractivity contribution is -0.150. The quantitative estimate of drug-likeness (QED) is 0.172. The van der Waals surface area contributed by atoms with Gasteiger partial charge >= 0.3 is 5.97 Å². The maximum absolute atomic E-state index is 12.8. The maximum Gasteiger partial charge on any atom is 0.331 e. The van der Waals surface area contributed by atoms with Gasteiger partial charge in [-0.25, -0.2) is 4.79 Å². The van der Waals surface area contributed by atoms with Crippen LogP contribution in [0, 0.1) is 5.41 Å². The van der Waals surface area contributed by atoms with Crippen molar-refractivity contribution in [1.82, 2.24) is 10.6 Å². The molecule has 0 bridgehead atoms. The van der Waals surface area contributed by atoms with E-state index in [1.165, 1.54) is 19.3 Å². The van der Waals surface area contributed by atoms with Crippen LogP contribution in [0.5, 0.6) is 0 Å². The van der Waals surface area contributed by atoms with Crippen LogP contribution < -0.4 is 10.6 Å². The third-order valence-electron chi connectivity index (χ3n) is 5.72. The standard InChI is InChI=1S/C27H38N2O8/c1-27(2,3)15-14-20(30)22(32)23(33)24(36-4)26(35)29-19-12-11-18(16-28-25(19)34)37-21(31)13-10-17-8-6-5-7-9-17/h5-10,13-15,18-20,22-24,30,32-33H,11-12,16H2,1-4H3,(H,28,34)(H,29,35)/b13-10+,15-14+/t18-,19+,20-,22+,23-,24-/m1/s1. The van der Waals surface area contributed by atoms with Gasteiger partial charge in [-0.3, -0.25) is 9.59 Å². The zero-order chi connectivity index (χ0) is 27.6. The molecule has 1 saturated heterocycles. The predicted octanol–water partition coefficient (Wildman–Crippen LogP) is 0.706. The SMILES string of the molecule is CO[C@@H](C(=O)N[C@H]1CC[C@@H](OC(=O)/C=C/c2ccccc2)CNC1=O)[C@H](O)[C@@H](O)[C@H](O)/C=C/C(C)(C)C. The number of nitrogens with one attached hydrogen (secondary N) is 2. The third kappa shape index (κ3) is 10.1. The summed E-state index contributed by atoms with van der Waals surface area (Å²) in [7, 11) is 1.17. The summed E-state index contributed by atoms with van der Waals surface area (Å²) in [6, 6.07) is 8.28. The fourth-order valence-electron chi connectivity index (χ4n) is 3.63. The molecule has 1 aliphatic rings. The average Bonchev–Trinajstić information content (AvgIpc) is 3.02. The monoisotopic (exact) mass is 518 g/mol. The van der Waals surface area contributed by atoms with Gasteiger partial charge in [-0.1, -0.05) is 63.3 Å². The Bertz CT molecular complexity index is 957. The number of aliphatic hydroxyl groups is 3. The van der Waals surface area contributed by atoms with E-state index in [2.05, 4.69) is 10.6 Å². The van der Waals surface area contributed by atoms with Crippen LogP contribution in [-0.4, -0.2) is 83.3 Å². The van der Waals surface area contributed by atoms with Crippen molar-refractivity contribution in [1.29, 1.82) is 0 Å². The lowest BCUT2D eigenvalue weighted by Crippen LogP contribution is -2.55. The third-order valence-corrected chi connectivity index (χ3v) is 5.72. The lowest BCUT2D eigenvalue weighted by Gasteiger charge is -2.28. The van der Waals surface area contributed by atoms with Gasteiger partial charge in [0.15, 0.2) is 6.10 Å². The van der Waals surface area contributed by atoms with E-state index >= 15 is 0 Å². The van der Waals surface area contributed by atoms with E-state index < -0.39 is 54.3 Å². The van der Waals surface area contributed by atoms with Crippen LogP contribution in [0.3, 0.4) is 0 Å². The van der Waals surface area contributed by atoms with Crippen LogP contribution in [0.15, 0.2) is 48.6 Å². The molecule has 1 fully saturated rings. The highest BCUT2D eigenvalue weighted by molar-refractivity contribution is 5.90. The van der Waals surface area contributed by atoms with Crippen molar-refractivity contribution < 1.29 is 39.2 Å². The van der Waals surface area contributed by atoms with E-state index in [4.69, 9.17) is 9.47 Å². The number of carbonyl (C=O) groups is 3. The fourth-order valence-corrected chi connectivity index (χ4v) is 3.63. The molecule has 5 N–H and O–H groups in total. The second-order valence-electron chi connectivity index (χ2n) is 10.0. The summed E-state index contributed by atoms with van der Waals surface area (Å²) in [5.41, 5.74) is 0.579. The van der Waals surface area contributed by atoms with Gasteiger partial charge in [0.1, 0.15) is 30.5 Å². The number of hydrogen-bond donors (Lipinski definition) is 5. The maximum atomic E-state index is 12.8. The van der Waals surface area contributed by atoms with Crippen molar-refractivity contribution >= 4 is 23.9 Å². The van der Waals surface area contributed by atoms with Crippen LogP contribution in [0.4, 0.5) is 0 Å². The first kappa shape index (κ1) is 30.2. The highest BCUT2D eigenvalue weighted by Gasteiger charge is 2.37. The second kappa shape index (κ2) is 14.0. The highest BCUT2D eigenvalue weighted by Crippen LogP contribution is 2.17. The summed E-state index contributed by atoms with van der Waals surface area (Å²) in [6.45, 7) is 5.77. The van der Waals surface area contributed by atoms with Gasteiger partial charge < -0.3 is 35.4 Å². The Kier molecular flexibility index (Phi) is 11.4. The molecule has 1 aromatic carbocycles. The normalized spacial score (nSPS) is 22.1. The molecule has 37 heavy (non-hydrogen) atoms. The van der Waals surface area contributed by atoms with Gasteiger partial charge in [0.05, 0.1) is 6.54 Å². The Morgan fingerprint density at radius 3 is 2.41 bits per heavy atom. The summed E-state index contributed by atoms with van der Waals surface area (Å²) in [4.78, 5) is 37.5. The largest absolute Gasteiger partial charge is 0.457 e. The number of ether oxygens (including phenoxy) is 2. The number of allylic oxidation sites excluding steroid dienone is 1. The van der Waals surface area contributed by atoms with Crippen LogP contribution in [0.25, 0.3) is 6.08 Å². The summed E-state index contributed by atoms with van der Waals surface area (Å²) in [5, 5.41) is 36.1. The minimum absolute atomic E-state index is 0.0808. The molecule has 10 nitrogen and oxygen atoms in total. The molecule has 2 rings (SSSR count). The summed E-state index contributed by atoms with van der Waals surface area (Å²) in [6.07, 6.45) is -0.614. The van der Waals surface area contributed by atoms with E-state index in [9.17, 15) is 29.7 Å². The molecule has 0 radical (unpaired) electrons. The van der Waals surface area contributed by atoms with Crippen LogP contribution >= 0.6 is 0 Å². The molecule has 0 unspecified atom stereocenters. The first-order valence-corrected chi connectivity index (χ1v) is 12.2. The molecular weight excluding hydrogens is 480 g/mol. The number of amides is 2. The number of benzene rings is 1. The molecule has 0 aliphatic carbocycles. The van der Waals surface area contributed by atoms with E-state index in [-0.39, 0.29) is 18.4 Å². The lowest BCUT2D eigenvalue weighted by atomic mass is 9.94. The van der Waals surface area contributed by atoms with Crippen molar-refractivity contribution in [3.63, 3.8) is 0 Å². The Labute approximate surface area is 217 Å². The van der Waals surface area contributed by atoms with E-state index in [0.717, 1.165) is 5.56 Å². The van der Waals surface area contributed by atoms with Gasteiger partial charge in [-0.2, -0.15) is 0 Å². The number of methoxy groups -OCH3 is 1. The zero-order valence-electron chi connectivity index (χ0n) is 21.7. The van der Waals surface area contributed by atoms with Crippen molar-refractivity contribution in [2.45, 2.75) is 70.2 Å². The predicted molar refractivity (Wildman–Crippen MR) is 137 cm³/mol. The Morgan fingerprint density at radius 2 is 1.78 bits per heavy atom. The van der Waals surface area contributed by atoms with Crippen LogP contribution in [-0.2, 0) is 23.9 Å². The summed E-state index contributed by atoms with van der Waals surface area (Å²) < 4.78 is 10.5. The minimum Gasteiger partial charge on any atom is -0.457 e. The van der Waals surface area contributed by atoms with Gasteiger partial charge in [0.2, 0.25) is 5.91 Å². The minimum atomic E-state index is -1.76. The van der Waals surface area contributed by atoms with Gasteiger partial charge in [-0.05, 0) is 29.9 Å². The molecule has 10 heteroatoms. The number of hydrogen-bond acceptors (Lipinski definition) is 8. The molecule has 6 atom stereocenters. The first-order valence-electron chi connectivity index (χ1n) is 12.2.